The maximum absolute atomic E-state index is 13.2. The van der Waals surface area contributed by atoms with Crippen molar-refractivity contribution in [1.29, 1.82) is 0 Å². The molecule has 26 heavy (non-hydrogen) atoms. The van der Waals surface area contributed by atoms with Gasteiger partial charge in [-0.05, 0) is 35.9 Å². The molecule has 0 unspecified atom stereocenters. The minimum atomic E-state index is -0.347. The van der Waals surface area contributed by atoms with Crippen molar-refractivity contribution in [3.8, 4) is 17.1 Å². The van der Waals surface area contributed by atoms with Crippen molar-refractivity contribution in [2.45, 2.75) is 6.54 Å². The first kappa shape index (κ1) is 17.8. The molecule has 0 radical (unpaired) electrons. The van der Waals surface area contributed by atoms with Crippen molar-refractivity contribution >= 4 is 17.5 Å². The monoisotopic (exact) mass is 371 g/mol. The van der Waals surface area contributed by atoms with Crippen molar-refractivity contribution in [2.24, 2.45) is 0 Å². The Balaban J connectivity index is 1.73. The molecule has 0 atom stereocenters. The average molecular weight is 372 g/mol. The second-order valence-electron chi connectivity index (χ2n) is 5.47. The third-order valence-electron chi connectivity index (χ3n) is 3.70. The first-order chi connectivity index (χ1) is 12.6. The average Bonchev–Trinajstić information content (AvgIpc) is 2.66. The van der Waals surface area contributed by atoms with E-state index in [1.807, 2.05) is 0 Å². The molecule has 0 bridgehead atoms. The second kappa shape index (κ2) is 7.93. The highest BCUT2D eigenvalue weighted by molar-refractivity contribution is 6.34. The molecule has 1 amide bonds. The Hall–Kier alpha value is -2.99. The number of halogens is 2. The number of ether oxygens (including phenoxy) is 1. The molecule has 7 heteroatoms. The van der Waals surface area contributed by atoms with Crippen LogP contribution in [-0.4, -0.2) is 23.2 Å². The standard InChI is InChI=1S/C19H15ClFN3O2/c1-26-18-8-7-17(23-24-18)13-5-6-15(16(20)10-13)19(25)22-11-12-3-2-4-14(21)9-12/h2-10H,11H2,1H3,(H,22,25). The van der Waals surface area contributed by atoms with Crippen LogP contribution in [0.15, 0.2) is 54.6 Å². The fourth-order valence-corrected chi connectivity index (χ4v) is 2.63. The summed E-state index contributed by atoms with van der Waals surface area (Å²) in [5, 5.41) is 11.0. The van der Waals surface area contributed by atoms with Crippen LogP contribution in [0.5, 0.6) is 5.88 Å². The lowest BCUT2D eigenvalue weighted by Gasteiger charge is -2.09. The molecule has 0 spiro atoms. The Kier molecular flexibility index (Phi) is 5.43. The molecule has 5 nitrogen and oxygen atoms in total. The number of carbonyl (C=O) groups excluding carboxylic acids is 1. The number of nitrogens with one attached hydrogen (secondary N) is 1. The smallest absolute Gasteiger partial charge is 0.253 e. The van der Waals surface area contributed by atoms with Crippen LogP contribution in [0.2, 0.25) is 5.02 Å². The van der Waals surface area contributed by atoms with Crippen LogP contribution < -0.4 is 10.1 Å². The third kappa shape index (κ3) is 4.15. The van der Waals surface area contributed by atoms with Crippen LogP contribution >= 0.6 is 11.6 Å². The van der Waals surface area contributed by atoms with Crippen molar-refractivity contribution in [1.82, 2.24) is 15.5 Å². The van der Waals surface area contributed by atoms with Crippen molar-refractivity contribution in [3.05, 3.63) is 76.6 Å². The lowest BCUT2D eigenvalue weighted by Crippen LogP contribution is -2.23. The Bertz CT molecular complexity index is 932. The van der Waals surface area contributed by atoms with Gasteiger partial charge in [0.25, 0.3) is 5.91 Å². The maximum Gasteiger partial charge on any atom is 0.253 e. The molecule has 0 saturated carbocycles. The van der Waals surface area contributed by atoms with Gasteiger partial charge in [0.05, 0.1) is 23.4 Å². The van der Waals surface area contributed by atoms with Gasteiger partial charge >= 0.3 is 0 Å². The number of carbonyl (C=O) groups is 1. The Morgan fingerprint density at radius 1 is 1.15 bits per heavy atom. The van der Waals surface area contributed by atoms with Gasteiger partial charge < -0.3 is 10.1 Å². The predicted octanol–water partition coefficient (Wildman–Crippen LogP) is 3.87. The fraction of sp³-hybridized carbons (Fsp3) is 0.105. The number of rotatable bonds is 5. The van der Waals surface area contributed by atoms with Crippen LogP contribution in [0.3, 0.4) is 0 Å². The first-order valence-electron chi connectivity index (χ1n) is 7.77. The Labute approximate surface area is 154 Å². The number of hydrogen-bond donors (Lipinski definition) is 1. The van der Waals surface area contributed by atoms with Crippen LogP contribution in [0.25, 0.3) is 11.3 Å². The topological polar surface area (TPSA) is 64.1 Å². The molecule has 132 valence electrons. The van der Waals surface area contributed by atoms with Gasteiger partial charge in [-0.1, -0.05) is 29.8 Å². The Morgan fingerprint density at radius 2 is 2.00 bits per heavy atom. The van der Waals surface area contributed by atoms with Crippen molar-refractivity contribution in [3.63, 3.8) is 0 Å². The molecule has 0 aliphatic rings. The molecule has 1 N–H and O–H groups in total. The van der Waals surface area contributed by atoms with Gasteiger partial charge in [-0.3, -0.25) is 4.79 Å². The highest BCUT2D eigenvalue weighted by Crippen LogP contribution is 2.25. The molecule has 3 aromatic rings. The van der Waals surface area contributed by atoms with Gasteiger partial charge in [-0.25, -0.2) is 4.39 Å². The summed E-state index contributed by atoms with van der Waals surface area (Å²) in [5.41, 5.74) is 2.33. The summed E-state index contributed by atoms with van der Waals surface area (Å²) >= 11 is 6.25. The highest BCUT2D eigenvalue weighted by atomic mass is 35.5. The van der Waals surface area contributed by atoms with Gasteiger partial charge in [0.1, 0.15) is 5.82 Å². The minimum absolute atomic E-state index is 0.207. The molecule has 0 saturated heterocycles. The van der Waals surface area contributed by atoms with E-state index in [4.69, 9.17) is 16.3 Å². The zero-order valence-corrected chi connectivity index (χ0v) is 14.6. The molecule has 3 rings (SSSR count). The molecule has 1 aromatic heterocycles. The van der Waals surface area contributed by atoms with E-state index in [1.54, 1.807) is 42.5 Å². The summed E-state index contributed by atoms with van der Waals surface area (Å²) < 4.78 is 18.2. The second-order valence-corrected chi connectivity index (χ2v) is 5.88. The van der Waals surface area contributed by atoms with E-state index in [1.165, 1.54) is 19.2 Å². The molecular weight excluding hydrogens is 357 g/mol. The molecule has 1 heterocycles. The van der Waals surface area contributed by atoms with E-state index in [0.29, 0.717) is 22.7 Å². The summed E-state index contributed by atoms with van der Waals surface area (Å²) in [7, 11) is 1.51. The number of methoxy groups -OCH3 is 1. The van der Waals surface area contributed by atoms with Crippen LogP contribution in [0.4, 0.5) is 4.39 Å². The molecule has 0 fully saturated rings. The summed E-state index contributed by atoms with van der Waals surface area (Å²) in [4.78, 5) is 12.3. The van der Waals surface area contributed by atoms with E-state index in [9.17, 15) is 9.18 Å². The number of aromatic nitrogens is 2. The minimum Gasteiger partial charge on any atom is -0.480 e. The quantitative estimate of drug-likeness (QED) is 0.739. The van der Waals surface area contributed by atoms with E-state index in [-0.39, 0.29) is 23.3 Å². The van der Waals surface area contributed by atoms with Crippen molar-refractivity contribution in [2.75, 3.05) is 7.11 Å². The number of hydrogen-bond acceptors (Lipinski definition) is 4. The molecular formula is C19H15ClFN3O2. The third-order valence-corrected chi connectivity index (χ3v) is 4.01. The fourth-order valence-electron chi connectivity index (χ4n) is 2.37. The summed E-state index contributed by atoms with van der Waals surface area (Å²) in [6.45, 7) is 0.207. The normalized spacial score (nSPS) is 10.4. The highest BCUT2D eigenvalue weighted by Gasteiger charge is 2.12. The van der Waals surface area contributed by atoms with Gasteiger partial charge in [0, 0.05) is 18.2 Å². The summed E-state index contributed by atoms with van der Waals surface area (Å²) in [6, 6.07) is 14.5. The van der Waals surface area contributed by atoms with E-state index in [0.717, 1.165) is 5.56 Å². The number of amides is 1. The van der Waals surface area contributed by atoms with Gasteiger partial charge in [-0.2, -0.15) is 0 Å². The molecule has 0 aliphatic carbocycles. The van der Waals surface area contributed by atoms with Crippen LogP contribution in [-0.2, 0) is 6.54 Å². The van der Waals surface area contributed by atoms with E-state index >= 15 is 0 Å². The zero-order valence-electron chi connectivity index (χ0n) is 13.9. The predicted molar refractivity (Wildman–Crippen MR) is 96.6 cm³/mol. The van der Waals surface area contributed by atoms with Gasteiger partial charge in [0.2, 0.25) is 5.88 Å². The molecule has 2 aromatic carbocycles. The summed E-state index contributed by atoms with van der Waals surface area (Å²) in [6.07, 6.45) is 0. The van der Waals surface area contributed by atoms with E-state index in [2.05, 4.69) is 15.5 Å². The molecule has 0 aliphatic heterocycles. The largest absolute Gasteiger partial charge is 0.480 e. The zero-order chi connectivity index (χ0) is 18.5. The lowest BCUT2D eigenvalue weighted by molar-refractivity contribution is 0.0951. The SMILES string of the molecule is COc1ccc(-c2ccc(C(=O)NCc3cccc(F)c3)c(Cl)c2)nn1. The van der Waals surface area contributed by atoms with Crippen molar-refractivity contribution < 1.29 is 13.9 Å². The van der Waals surface area contributed by atoms with Crippen LogP contribution in [0, 0.1) is 5.82 Å². The number of benzene rings is 2. The Morgan fingerprint density at radius 3 is 2.65 bits per heavy atom. The maximum atomic E-state index is 13.2. The van der Waals surface area contributed by atoms with Gasteiger partial charge in [0.15, 0.2) is 0 Å². The van der Waals surface area contributed by atoms with E-state index < -0.39 is 0 Å². The lowest BCUT2D eigenvalue weighted by atomic mass is 10.1. The first-order valence-corrected chi connectivity index (χ1v) is 8.15. The van der Waals surface area contributed by atoms with Gasteiger partial charge in [-0.15, -0.1) is 10.2 Å². The van der Waals surface area contributed by atoms with Crippen LogP contribution in [0.1, 0.15) is 15.9 Å². The summed E-state index contributed by atoms with van der Waals surface area (Å²) in [5.74, 6) is -0.278. The number of nitrogens with zero attached hydrogens (tertiary/aromatic N) is 2.